The molecule has 122 valence electrons. The van der Waals surface area contributed by atoms with Gasteiger partial charge >= 0.3 is 0 Å². The zero-order valence-electron chi connectivity index (χ0n) is 13.4. The molecule has 0 unspecified atom stereocenters. The van der Waals surface area contributed by atoms with Crippen molar-refractivity contribution in [3.63, 3.8) is 0 Å². The van der Waals surface area contributed by atoms with Crippen LogP contribution >= 0.6 is 0 Å². The Balaban J connectivity index is 2.17. The molecule has 1 N–H and O–H groups in total. The second-order valence-corrected chi connectivity index (χ2v) is 5.71. The summed E-state index contributed by atoms with van der Waals surface area (Å²) < 4.78 is 19.0. The monoisotopic (exact) mass is 308 g/mol. The molecule has 1 heterocycles. The summed E-state index contributed by atoms with van der Waals surface area (Å²) in [6, 6.07) is 6.52. The molecule has 1 aromatic carbocycles. The van der Waals surface area contributed by atoms with E-state index in [1.54, 1.807) is 6.07 Å². The van der Waals surface area contributed by atoms with Crippen LogP contribution in [0.1, 0.15) is 32.3 Å². The highest BCUT2D eigenvalue weighted by atomic mass is 19.1. The van der Waals surface area contributed by atoms with Crippen LogP contribution < -0.4 is 5.32 Å². The van der Waals surface area contributed by atoms with Gasteiger partial charge in [0.25, 0.3) is 0 Å². The number of hydrogen-bond acceptors (Lipinski definition) is 3. The van der Waals surface area contributed by atoms with E-state index in [-0.39, 0.29) is 11.7 Å². The van der Waals surface area contributed by atoms with Gasteiger partial charge in [-0.1, -0.05) is 26.0 Å². The Morgan fingerprint density at radius 2 is 2.00 bits per heavy atom. The number of nitrogens with zero attached hydrogens (tertiary/aromatic N) is 1. The lowest BCUT2D eigenvalue weighted by molar-refractivity contribution is -0.125. The van der Waals surface area contributed by atoms with Crippen molar-refractivity contribution in [2.75, 3.05) is 32.8 Å². The van der Waals surface area contributed by atoms with Gasteiger partial charge in [-0.2, -0.15) is 0 Å². The lowest BCUT2D eigenvalue weighted by Crippen LogP contribution is -2.52. The first-order chi connectivity index (χ1) is 10.6. The smallest absolute Gasteiger partial charge is 0.234 e. The van der Waals surface area contributed by atoms with E-state index in [0.717, 1.165) is 18.7 Å². The summed E-state index contributed by atoms with van der Waals surface area (Å²) in [4.78, 5) is 14.5. The summed E-state index contributed by atoms with van der Waals surface area (Å²) in [5, 5.41) is 3.15. The summed E-state index contributed by atoms with van der Waals surface area (Å²) in [7, 11) is 0. The molecule has 1 aromatic rings. The third-order valence-corrected chi connectivity index (χ3v) is 4.36. The van der Waals surface area contributed by atoms with Gasteiger partial charge in [0, 0.05) is 13.2 Å². The zero-order chi connectivity index (χ0) is 16.0. The van der Waals surface area contributed by atoms with Crippen LogP contribution in [0.4, 0.5) is 4.39 Å². The molecule has 22 heavy (non-hydrogen) atoms. The van der Waals surface area contributed by atoms with Gasteiger partial charge in [0.15, 0.2) is 0 Å². The van der Waals surface area contributed by atoms with E-state index in [1.165, 1.54) is 12.1 Å². The van der Waals surface area contributed by atoms with Gasteiger partial charge in [-0.3, -0.25) is 9.69 Å². The average molecular weight is 308 g/mol. The summed E-state index contributed by atoms with van der Waals surface area (Å²) in [5.41, 5.74) is 0.300. The zero-order valence-corrected chi connectivity index (χ0v) is 13.4. The number of carbonyl (C=O) groups is 1. The van der Waals surface area contributed by atoms with Crippen molar-refractivity contribution in [3.05, 3.63) is 35.6 Å². The van der Waals surface area contributed by atoms with Gasteiger partial charge in [-0.25, -0.2) is 4.39 Å². The number of ether oxygens (including phenoxy) is 1. The van der Waals surface area contributed by atoms with Gasteiger partial charge in [0.1, 0.15) is 5.82 Å². The lowest BCUT2D eigenvalue weighted by atomic mass is 9.82. The number of amides is 1. The molecular formula is C17H25FN2O2. The Hall–Kier alpha value is -1.46. The first kappa shape index (κ1) is 16.9. The molecule has 1 aliphatic heterocycles. The standard InChI is InChI=1S/C17H25FN2O2/c1-3-20(4-2)13-16(21)19-17(8-10-22-11-9-17)14-6-5-7-15(18)12-14/h5-7,12H,3-4,8-11,13H2,1-2H3,(H,19,21). The Kier molecular flexibility index (Phi) is 5.91. The summed E-state index contributed by atoms with van der Waals surface area (Å²) in [5.74, 6) is -0.295. The molecule has 1 amide bonds. The van der Waals surface area contributed by atoms with Crippen LogP contribution in [0.15, 0.2) is 24.3 Å². The predicted octanol–water partition coefficient (Wildman–Crippen LogP) is 2.29. The van der Waals surface area contributed by atoms with E-state index in [4.69, 9.17) is 4.74 Å². The number of carbonyl (C=O) groups excluding carboxylic acids is 1. The fraction of sp³-hybridized carbons (Fsp3) is 0.588. The lowest BCUT2D eigenvalue weighted by Gasteiger charge is -2.39. The number of hydrogen-bond donors (Lipinski definition) is 1. The van der Waals surface area contributed by atoms with E-state index in [1.807, 2.05) is 19.9 Å². The van der Waals surface area contributed by atoms with Crippen molar-refractivity contribution in [1.82, 2.24) is 10.2 Å². The maximum absolute atomic E-state index is 13.6. The minimum Gasteiger partial charge on any atom is -0.381 e. The van der Waals surface area contributed by atoms with Crippen LogP contribution in [0.3, 0.4) is 0 Å². The molecule has 0 atom stereocenters. The first-order valence-electron chi connectivity index (χ1n) is 7.97. The minimum atomic E-state index is -0.523. The number of benzene rings is 1. The predicted molar refractivity (Wildman–Crippen MR) is 84.1 cm³/mol. The van der Waals surface area contributed by atoms with E-state index in [9.17, 15) is 9.18 Å². The normalized spacial score (nSPS) is 17.5. The van der Waals surface area contributed by atoms with Crippen molar-refractivity contribution in [2.24, 2.45) is 0 Å². The van der Waals surface area contributed by atoms with Crippen molar-refractivity contribution in [1.29, 1.82) is 0 Å². The second kappa shape index (κ2) is 7.70. The van der Waals surface area contributed by atoms with Crippen LogP contribution in [0, 0.1) is 5.82 Å². The molecule has 0 saturated carbocycles. The van der Waals surface area contributed by atoms with Crippen molar-refractivity contribution < 1.29 is 13.9 Å². The Morgan fingerprint density at radius 3 is 2.59 bits per heavy atom. The molecule has 1 saturated heterocycles. The van der Waals surface area contributed by atoms with E-state index in [0.29, 0.717) is 32.6 Å². The summed E-state index contributed by atoms with van der Waals surface area (Å²) in [6.07, 6.45) is 1.33. The highest BCUT2D eigenvalue weighted by Gasteiger charge is 2.36. The molecule has 2 rings (SSSR count). The van der Waals surface area contributed by atoms with Gasteiger partial charge in [-0.15, -0.1) is 0 Å². The van der Waals surface area contributed by atoms with E-state index >= 15 is 0 Å². The summed E-state index contributed by atoms with van der Waals surface area (Å²) in [6.45, 7) is 7.25. The SMILES string of the molecule is CCN(CC)CC(=O)NC1(c2cccc(F)c2)CCOCC1. The Morgan fingerprint density at radius 1 is 1.32 bits per heavy atom. The minimum absolute atomic E-state index is 0.0186. The average Bonchev–Trinajstić information content (AvgIpc) is 2.53. The molecule has 1 fully saturated rings. The molecule has 1 aliphatic rings. The third kappa shape index (κ3) is 4.05. The number of rotatable bonds is 6. The van der Waals surface area contributed by atoms with Gasteiger partial charge in [0.2, 0.25) is 5.91 Å². The number of likely N-dealkylation sites (N-methyl/N-ethyl adjacent to an activating group) is 1. The first-order valence-corrected chi connectivity index (χ1v) is 7.97. The Labute approximate surface area is 131 Å². The van der Waals surface area contributed by atoms with E-state index < -0.39 is 5.54 Å². The van der Waals surface area contributed by atoms with Crippen LogP contribution in [0.25, 0.3) is 0 Å². The second-order valence-electron chi connectivity index (χ2n) is 5.71. The Bertz CT molecular complexity index is 497. The van der Waals surface area contributed by atoms with Crippen molar-refractivity contribution in [2.45, 2.75) is 32.2 Å². The van der Waals surface area contributed by atoms with Crippen LogP contribution in [0.2, 0.25) is 0 Å². The molecule has 0 bridgehead atoms. The molecule has 0 aromatic heterocycles. The molecule has 4 nitrogen and oxygen atoms in total. The van der Waals surface area contributed by atoms with Crippen molar-refractivity contribution in [3.8, 4) is 0 Å². The van der Waals surface area contributed by atoms with E-state index in [2.05, 4.69) is 10.2 Å². The van der Waals surface area contributed by atoms with Gasteiger partial charge in [0.05, 0.1) is 12.1 Å². The molecule has 5 heteroatoms. The quantitative estimate of drug-likeness (QED) is 0.877. The molecule has 0 radical (unpaired) electrons. The third-order valence-electron chi connectivity index (χ3n) is 4.36. The number of halogens is 1. The maximum atomic E-state index is 13.6. The largest absolute Gasteiger partial charge is 0.381 e. The van der Waals surface area contributed by atoms with Crippen LogP contribution in [-0.4, -0.2) is 43.7 Å². The van der Waals surface area contributed by atoms with Crippen LogP contribution in [-0.2, 0) is 15.1 Å². The fourth-order valence-corrected chi connectivity index (χ4v) is 2.95. The topological polar surface area (TPSA) is 41.6 Å². The van der Waals surface area contributed by atoms with Crippen LogP contribution in [0.5, 0.6) is 0 Å². The highest BCUT2D eigenvalue weighted by molar-refractivity contribution is 5.79. The maximum Gasteiger partial charge on any atom is 0.234 e. The van der Waals surface area contributed by atoms with Gasteiger partial charge in [-0.05, 0) is 43.6 Å². The molecule has 0 spiro atoms. The molecular weight excluding hydrogens is 283 g/mol. The molecule has 0 aliphatic carbocycles. The van der Waals surface area contributed by atoms with Gasteiger partial charge < -0.3 is 10.1 Å². The highest BCUT2D eigenvalue weighted by Crippen LogP contribution is 2.32. The van der Waals surface area contributed by atoms with Crippen molar-refractivity contribution >= 4 is 5.91 Å². The summed E-state index contributed by atoms with van der Waals surface area (Å²) >= 11 is 0. The number of nitrogens with one attached hydrogen (secondary N) is 1. The fourth-order valence-electron chi connectivity index (χ4n) is 2.95.